The highest BCUT2D eigenvalue weighted by Gasteiger charge is 2.43. The summed E-state index contributed by atoms with van der Waals surface area (Å²) in [6.45, 7) is 1.64. The van der Waals surface area contributed by atoms with E-state index in [4.69, 9.17) is 4.74 Å². The van der Waals surface area contributed by atoms with Gasteiger partial charge in [0.2, 0.25) is 5.91 Å². The van der Waals surface area contributed by atoms with Crippen LogP contribution in [0.15, 0.2) is 85.1 Å². The van der Waals surface area contributed by atoms with Gasteiger partial charge in [-0.15, -0.1) is 0 Å². The van der Waals surface area contributed by atoms with Gasteiger partial charge in [-0.1, -0.05) is 66.7 Å². The Morgan fingerprint density at radius 1 is 0.865 bits per heavy atom. The summed E-state index contributed by atoms with van der Waals surface area (Å²) in [7, 11) is 0. The molecule has 2 atom stereocenters. The number of fused-ring (bicyclic) bond motifs is 2. The molecule has 3 amide bonds. The molecular weight excluding hydrogens is 536 g/mol. The van der Waals surface area contributed by atoms with Gasteiger partial charge in [0.15, 0.2) is 0 Å². The summed E-state index contributed by atoms with van der Waals surface area (Å²) >= 11 is 3.53. The molecule has 2 aliphatic rings. The highest BCUT2D eigenvalue weighted by atomic mass is 79.9. The van der Waals surface area contributed by atoms with Gasteiger partial charge in [0, 0.05) is 10.7 Å². The van der Waals surface area contributed by atoms with E-state index >= 15 is 0 Å². The van der Waals surface area contributed by atoms with E-state index in [0.29, 0.717) is 4.48 Å². The molecule has 8 heteroatoms. The van der Waals surface area contributed by atoms with Crippen LogP contribution in [0.3, 0.4) is 0 Å². The van der Waals surface area contributed by atoms with Crippen molar-refractivity contribution in [2.24, 2.45) is 0 Å². The van der Waals surface area contributed by atoms with Crippen LogP contribution in [0.1, 0.15) is 56.8 Å². The number of carbonyl (C=O) groups excluding carboxylic acids is 4. The number of rotatable bonds is 6. The molecule has 7 nitrogen and oxygen atoms in total. The van der Waals surface area contributed by atoms with Crippen LogP contribution in [0.25, 0.3) is 4.48 Å². The maximum atomic E-state index is 13.8. The van der Waals surface area contributed by atoms with Gasteiger partial charge >= 0.3 is 5.97 Å². The number of carbonyl (C=O) groups is 4. The van der Waals surface area contributed by atoms with E-state index in [0.717, 1.165) is 21.6 Å². The minimum Gasteiger partial charge on any atom is -0.461 e. The molecule has 3 aromatic carbocycles. The molecule has 0 fully saturated rings. The van der Waals surface area contributed by atoms with Crippen molar-refractivity contribution >= 4 is 44.1 Å². The lowest BCUT2D eigenvalue weighted by molar-refractivity contribution is -0.147. The number of ether oxygens (including phenoxy) is 1. The van der Waals surface area contributed by atoms with E-state index in [2.05, 4.69) is 15.9 Å². The molecular formula is C29H23BrN2O5. The van der Waals surface area contributed by atoms with Crippen molar-refractivity contribution in [2.75, 3.05) is 0 Å². The van der Waals surface area contributed by atoms with Crippen LogP contribution < -0.4 is 0 Å². The zero-order valence-corrected chi connectivity index (χ0v) is 21.6. The molecule has 5 rings (SSSR count). The molecule has 0 aliphatic carbocycles. The number of amides is 3. The van der Waals surface area contributed by atoms with Gasteiger partial charge in [-0.05, 0) is 51.7 Å². The van der Waals surface area contributed by atoms with E-state index < -0.39 is 35.8 Å². The lowest BCUT2D eigenvalue weighted by Gasteiger charge is -2.36. The first-order chi connectivity index (χ1) is 17.9. The third-order valence-corrected chi connectivity index (χ3v) is 7.22. The van der Waals surface area contributed by atoms with Crippen LogP contribution in [0.5, 0.6) is 0 Å². The fourth-order valence-electron chi connectivity index (χ4n) is 4.70. The first-order valence-corrected chi connectivity index (χ1v) is 12.6. The van der Waals surface area contributed by atoms with E-state index in [1.807, 2.05) is 54.6 Å². The average molecular weight is 559 g/mol. The number of nitrogens with zero attached hydrogens (tertiary/aromatic N) is 2. The van der Waals surface area contributed by atoms with Crippen molar-refractivity contribution in [2.45, 2.75) is 32.0 Å². The fraction of sp³-hybridized carbons (Fsp3) is 0.172. The van der Waals surface area contributed by atoms with Gasteiger partial charge in [-0.3, -0.25) is 24.1 Å². The zero-order chi connectivity index (χ0) is 26.1. The Morgan fingerprint density at radius 3 is 2.08 bits per heavy atom. The Bertz CT molecular complexity index is 1400. The van der Waals surface area contributed by atoms with Gasteiger partial charge in [-0.25, -0.2) is 0 Å². The van der Waals surface area contributed by atoms with E-state index in [1.165, 1.54) is 11.8 Å². The van der Waals surface area contributed by atoms with Crippen molar-refractivity contribution in [1.29, 1.82) is 0 Å². The highest BCUT2D eigenvalue weighted by molar-refractivity contribution is 9.15. The van der Waals surface area contributed by atoms with Gasteiger partial charge in [0.05, 0.1) is 23.6 Å². The zero-order valence-electron chi connectivity index (χ0n) is 20.0. The normalized spacial score (nSPS) is 17.1. The lowest BCUT2D eigenvalue weighted by Crippen LogP contribution is -2.49. The van der Waals surface area contributed by atoms with Crippen LogP contribution in [-0.2, 0) is 20.9 Å². The molecule has 3 aromatic rings. The molecule has 0 saturated heterocycles. The number of imide groups is 1. The third-order valence-electron chi connectivity index (χ3n) is 6.59. The molecule has 37 heavy (non-hydrogen) atoms. The number of hydrogen-bond acceptors (Lipinski definition) is 5. The van der Waals surface area contributed by atoms with Crippen molar-refractivity contribution in [3.8, 4) is 0 Å². The molecule has 0 bridgehead atoms. The van der Waals surface area contributed by atoms with Crippen LogP contribution in [0.2, 0.25) is 0 Å². The second kappa shape index (κ2) is 10.1. The van der Waals surface area contributed by atoms with Crippen molar-refractivity contribution in [3.63, 3.8) is 0 Å². The smallest absolute Gasteiger partial charge is 0.308 e. The minimum atomic E-state index is -1.09. The summed E-state index contributed by atoms with van der Waals surface area (Å²) in [5.41, 5.74) is 3.01. The fourth-order valence-corrected chi connectivity index (χ4v) is 5.28. The van der Waals surface area contributed by atoms with Gasteiger partial charge in [-0.2, -0.15) is 0 Å². The molecule has 2 aliphatic heterocycles. The van der Waals surface area contributed by atoms with E-state index in [-0.39, 0.29) is 24.2 Å². The topological polar surface area (TPSA) is 84.0 Å². The minimum absolute atomic E-state index is 0.0960. The summed E-state index contributed by atoms with van der Waals surface area (Å²) in [4.78, 5) is 55.2. The molecule has 0 N–H and O–H groups in total. The standard InChI is InChI=1S/C29H23BrN2O5/c1-18(32-28(35)22-13-7-8-14-23(22)29(32)36)27(34)31-16-24(30)20-11-5-6-12-21(20)25(31)15-26(33)37-17-19-9-3-2-4-10-19/h2-14,16,18,25H,15,17H2,1H3. The predicted octanol–water partition coefficient (Wildman–Crippen LogP) is 5.08. The molecule has 0 radical (unpaired) electrons. The second-order valence-corrected chi connectivity index (χ2v) is 9.73. The van der Waals surface area contributed by atoms with E-state index in [1.54, 1.807) is 30.5 Å². The SMILES string of the molecule is CC(C(=O)N1C=C(Br)c2ccccc2C1CC(=O)OCc1ccccc1)N1C(=O)c2ccccc2C1=O. The maximum absolute atomic E-state index is 13.8. The first kappa shape index (κ1) is 24.6. The molecule has 2 unspecified atom stereocenters. The van der Waals surface area contributed by atoms with Crippen LogP contribution in [-0.4, -0.2) is 39.5 Å². The quantitative estimate of drug-likeness (QED) is 0.311. The summed E-state index contributed by atoms with van der Waals surface area (Å²) in [5, 5.41) is 0. The Hall–Kier alpha value is -4.04. The molecule has 2 heterocycles. The van der Waals surface area contributed by atoms with Crippen LogP contribution in [0, 0.1) is 0 Å². The number of halogens is 1. The lowest BCUT2D eigenvalue weighted by atomic mass is 9.93. The molecule has 0 spiro atoms. The summed E-state index contributed by atoms with van der Waals surface area (Å²) < 4.78 is 6.16. The summed E-state index contributed by atoms with van der Waals surface area (Å²) in [6, 6.07) is 21.5. The first-order valence-electron chi connectivity index (χ1n) is 11.8. The average Bonchev–Trinajstić information content (AvgIpc) is 3.18. The monoisotopic (exact) mass is 558 g/mol. The van der Waals surface area contributed by atoms with Crippen molar-refractivity contribution in [1.82, 2.24) is 9.80 Å². The Morgan fingerprint density at radius 2 is 1.43 bits per heavy atom. The number of esters is 1. The van der Waals surface area contributed by atoms with Crippen molar-refractivity contribution in [3.05, 3.63) is 113 Å². The largest absolute Gasteiger partial charge is 0.461 e. The highest BCUT2D eigenvalue weighted by Crippen LogP contribution is 2.40. The molecule has 0 aromatic heterocycles. The Balaban J connectivity index is 1.41. The summed E-state index contributed by atoms with van der Waals surface area (Å²) in [6.07, 6.45) is 1.51. The van der Waals surface area contributed by atoms with Crippen molar-refractivity contribution < 1.29 is 23.9 Å². The summed E-state index contributed by atoms with van der Waals surface area (Å²) in [5.74, 6) is -1.98. The van der Waals surface area contributed by atoms with Crippen LogP contribution >= 0.6 is 15.9 Å². The van der Waals surface area contributed by atoms with Gasteiger partial charge in [0.25, 0.3) is 11.8 Å². The van der Waals surface area contributed by atoms with Gasteiger partial charge < -0.3 is 9.64 Å². The third kappa shape index (κ3) is 4.60. The van der Waals surface area contributed by atoms with Crippen LogP contribution in [0.4, 0.5) is 0 Å². The Kier molecular flexibility index (Phi) is 6.76. The second-order valence-electron chi connectivity index (χ2n) is 8.88. The maximum Gasteiger partial charge on any atom is 0.308 e. The molecule has 186 valence electrons. The van der Waals surface area contributed by atoms with Gasteiger partial charge in [0.1, 0.15) is 12.6 Å². The molecule has 0 saturated carbocycles. The number of hydrogen-bond donors (Lipinski definition) is 0. The predicted molar refractivity (Wildman–Crippen MR) is 140 cm³/mol. The Labute approximate surface area is 222 Å². The number of benzene rings is 3. The van der Waals surface area contributed by atoms with E-state index in [9.17, 15) is 19.2 Å².